The molecule has 0 fully saturated rings. The number of hydrogen-bond donors (Lipinski definition) is 1. The molecule has 0 aliphatic heterocycles. The number of pyridine rings is 1. The standard InChI is InChI=1S/C10H8Cl3FN2O3/c11-2-1-3-18-5(17)4-19-10-7(13)8(15)6(12)9(14)16-10/h1-2H,3-4H2,(H2,15,16)/b2-1+. The van der Waals surface area contributed by atoms with Crippen LogP contribution in [0.1, 0.15) is 0 Å². The van der Waals surface area contributed by atoms with Crippen LogP contribution in [-0.2, 0) is 9.53 Å². The average Bonchev–Trinajstić information content (AvgIpc) is 2.39. The summed E-state index contributed by atoms with van der Waals surface area (Å²) >= 11 is 16.5. The largest absolute Gasteiger partial charge is 0.464 e. The molecule has 0 radical (unpaired) electrons. The second-order valence-electron chi connectivity index (χ2n) is 3.08. The Labute approximate surface area is 123 Å². The highest BCUT2D eigenvalue weighted by Gasteiger charge is 2.17. The molecular formula is C10H8Cl3FN2O3. The number of halogens is 4. The van der Waals surface area contributed by atoms with Crippen LogP contribution < -0.4 is 10.5 Å². The molecule has 0 aliphatic rings. The Morgan fingerprint density at radius 1 is 1.42 bits per heavy atom. The summed E-state index contributed by atoms with van der Waals surface area (Å²) in [5, 5.41) is -0.591. The molecule has 2 N–H and O–H groups in total. The van der Waals surface area contributed by atoms with Crippen molar-refractivity contribution in [2.75, 3.05) is 18.9 Å². The molecule has 1 rings (SSSR count). The summed E-state index contributed by atoms with van der Waals surface area (Å²) in [5.74, 6) is -2.09. The first-order valence-corrected chi connectivity index (χ1v) is 6.00. The summed E-state index contributed by atoms with van der Waals surface area (Å²) in [5.41, 5.74) is 6.40. The third-order valence-corrected chi connectivity index (χ3v) is 2.70. The topological polar surface area (TPSA) is 74.4 Å². The van der Waals surface area contributed by atoms with Gasteiger partial charge < -0.3 is 15.2 Å². The number of carbonyl (C=O) groups excluding carboxylic acids is 1. The zero-order valence-corrected chi connectivity index (χ0v) is 11.6. The summed E-state index contributed by atoms with van der Waals surface area (Å²) < 4.78 is 22.8. The van der Waals surface area contributed by atoms with E-state index in [1.165, 1.54) is 11.6 Å². The Hall–Kier alpha value is -1.24. The maximum absolute atomic E-state index is 13.2. The van der Waals surface area contributed by atoms with Crippen LogP contribution in [-0.4, -0.2) is 24.2 Å². The quantitative estimate of drug-likeness (QED) is 0.664. The lowest BCUT2D eigenvalue weighted by molar-refractivity contribution is -0.144. The molecule has 0 unspecified atom stereocenters. The highest BCUT2D eigenvalue weighted by atomic mass is 35.5. The molecule has 5 nitrogen and oxygen atoms in total. The van der Waals surface area contributed by atoms with Gasteiger partial charge in [0.1, 0.15) is 16.7 Å². The Balaban J connectivity index is 2.66. The first kappa shape index (κ1) is 15.8. The third kappa shape index (κ3) is 4.41. The number of nitrogen functional groups attached to an aromatic ring is 1. The maximum Gasteiger partial charge on any atom is 0.344 e. The summed E-state index contributed by atoms with van der Waals surface area (Å²) in [6, 6.07) is 0. The van der Waals surface area contributed by atoms with E-state index in [1.807, 2.05) is 0 Å². The third-order valence-electron chi connectivity index (χ3n) is 1.80. The molecule has 1 heterocycles. The van der Waals surface area contributed by atoms with Crippen molar-refractivity contribution in [2.45, 2.75) is 0 Å². The van der Waals surface area contributed by atoms with Gasteiger partial charge in [-0.1, -0.05) is 34.8 Å². The van der Waals surface area contributed by atoms with Gasteiger partial charge in [-0.2, -0.15) is 9.37 Å². The fourth-order valence-electron chi connectivity index (χ4n) is 0.952. The molecular weight excluding hydrogens is 321 g/mol. The Kier molecular flexibility index (Phi) is 6.14. The number of rotatable bonds is 5. The minimum atomic E-state index is -1.04. The highest BCUT2D eigenvalue weighted by molar-refractivity contribution is 6.39. The lowest BCUT2D eigenvalue weighted by atomic mass is 10.4. The molecule has 104 valence electrons. The molecule has 0 aliphatic carbocycles. The second-order valence-corrected chi connectivity index (χ2v) is 4.09. The Bertz CT molecular complexity index is 511. The fraction of sp³-hybridized carbons (Fsp3) is 0.200. The van der Waals surface area contributed by atoms with Gasteiger partial charge in [-0.05, 0) is 6.08 Å². The van der Waals surface area contributed by atoms with Crippen LogP contribution in [0, 0.1) is 5.95 Å². The summed E-state index contributed by atoms with van der Waals surface area (Å²) in [6.45, 7) is -0.521. The zero-order valence-electron chi connectivity index (χ0n) is 9.33. The van der Waals surface area contributed by atoms with E-state index < -0.39 is 23.5 Å². The number of nitrogens with zero attached hydrogens (tertiary/aromatic N) is 1. The SMILES string of the molecule is Nc1c(Cl)c(F)nc(OCC(=O)OC/C=C/Cl)c1Cl. The Morgan fingerprint density at radius 2 is 2.11 bits per heavy atom. The zero-order chi connectivity index (χ0) is 14.4. The average molecular weight is 330 g/mol. The van der Waals surface area contributed by atoms with Crippen molar-refractivity contribution in [3.8, 4) is 5.88 Å². The van der Waals surface area contributed by atoms with Crippen molar-refractivity contribution in [2.24, 2.45) is 0 Å². The maximum atomic E-state index is 13.2. The van der Waals surface area contributed by atoms with E-state index in [4.69, 9.17) is 45.3 Å². The van der Waals surface area contributed by atoms with Crippen molar-refractivity contribution in [1.82, 2.24) is 4.98 Å². The van der Waals surface area contributed by atoms with Crippen molar-refractivity contribution < 1.29 is 18.7 Å². The van der Waals surface area contributed by atoms with Gasteiger partial charge >= 0.3 is 5.97 Å². The predicted molar refractivity (Wildman–Crippen MR) is 70.1 cm³/mol. The minimum absolute atomic E-state index is 0.00995. The van der Waals surface area contributed by atoms with Crippen LogP contribution in [0.4, 0.5) is 10.1 Å². The first-order valence-electron chi connectivity index (χ1n) is 4.81. The van der Waals surface area contributed by atoms with Gasteiger partial charge in [0, 0.05) is 5.54 Å². The molecule has 0 amide bonds. The van der Waals surface area contributed by atoms with E-state index in [0.29, 0.717) is 0 Å². The van der Waals surface area contributed by atoms with Gasteiger partial charge in [-0.15, -0.1) is 0 Å². The first-order chi connectivity index (χ1) is 8.97. The molecule has 0 bridgehead atoms. The van der Waals surface area contributed by atoms with E-state index in [-0.39, 0.29) is 23.2 Å². The summed E-state index contributed by atoms with van der Waals surface area (Å²) in [7, 11) is 0. The second kappa shape index (κ2) is 7.37. The van der Waals surface area contributed by atoms with Gasteiger partial charge in [0.2, 0.25) is 11.8 Å². The molecule has 1 aromatic heterocycles. The molecule has 1 aromatic rings. The van der Waals surface area contributed by atoms with Crippen LogP contribution in [0.2, 0.25) is 10.0 Å². The highest BCUT2D eigenvalue weighted by Crippen LogP contribution is 2.35. The lowest BCUT2D eigenvalue weighted by Crippen LogP contribution is -2.16. The van der Waals surface area contributed by atoms with Crippen molar-refractivity contribution in [3.05, 3.63) is 27.6 Å². The van der Waals surface area contributed by atoms with Gasteiger partial charge in [0.15, 0.2) is 6.61 Å². The monoisotopic (exact) mass is 328 g/mol. The molecule has 0 saturated heterocycles. The molecule has 0 atom stereocenters. The van der Waals surface area contributed by atoms with Gasteiger partial charge in [0.25, 0.3) is 0 Å². The van der Waals surface area contributed by atoms with Crippen molar-refractivity contribution >= 4 is 46.5 Å². The van der Waals surface area contributed by atoms with Gasteiger partial charge in [-0.25, -0.2) is 4.79 Å². The predicted octanol–water partition coefficient (Wildman–Crippen LogP) is 2.78. The van der Waals surface area contributed by atoms with Crippen molar-refractivity contribution in [1.29, 1.82) is 0 Å². The van der Waals surface area contributed by atoms with E-state index in [0.717, 1.165) is 0 Å². The molecule has 19 heavy (non-hydrogen) atoms. The van der Waals surface area contributed by atoms with E-state index >= 15 is 0 Å². The van der Waals surface area contributed by atoms with Crippen LogP contribution in [0.15, 0.2) is 11.6 Å². The number of ether oxygens (including phenoxy) is 2. The normalized spacial score (nSPS) is 10.7. The smallest absolute Gasteiger partial charge is 0.344 e. The fourth-order valence-corrected chi connectivity index (χ4v) is 1.40. The number of carbonyl (C=O) groups is 1. The summed E-state index contributed by atoms with van der Waals surface area (Å²) in [4.78, 5) is 14.5. The molecule has 9 heteroatoms. The number of hydrogen-bond acceptors (Lipinski definition) is 5. The van der Waals surface area contributed by atoms with Gasteiger partial charge in [0.05, 0.1) is 5.69 Å². The lowest BCUT2D eigenvalue weighted by Gasteiger charge is -2.09. The van der Waals surface area contributed by atoms with Gasteiger partial charge in [-0.3, -0.25) is 0 Å². The van der Waals surface area contributed by atoms with E-state index in [2.05, 4.69) is 9.72 Å². The van der Waals surface area contributed by atoms with Crippen LogP contribution >= 0.6 is 34.8 Å². The molecule has 0 aromatic carbocycles. The summed E-state index contributed by atoms with van der Waals surface area (Å²) in [6.07, 6.45) is 1.41. The van der Waals surface area contributed by atoms with Crippen LogP contribution in [0.5, 0.6) is 5.88 Å². The van der Waals surface area contributed by atoms with Crippen LogP contribution in [0.3, 0.4) is 0 Å². The van der Waals surface area contributed by atoms with Crippen LogP contribution in [0.25, 0.3) is 0 Å². The van der Waals surface area contributed by atoms with E-state index in [9.17, 15) is 9.18 Å². The number of anilines is 1. The number of nitrogens with two attached hydrogens (primary N) is 1. The number of esters is 1. The molecule has 0 spiro atoms. The molecule has 0 saturated carbocycles. The minimum Gasteiger partial charge on any atom is -0.464 e. The number of aromatic nitrogens is 1. The Morgan fingerprint density at radius 3 is 2.74 bits per heavy atom. The van der Waals surface area contributed by atoms with E-state index in [1.54, 1.807) is 0 Å². The van der Waals surface area contributed by atoms with Crippen molar-refractivity contribution in [3.63, 3.8) is 0 Å².